The number of hydrogen-bond donors (Lipinski definition) is 0. The lowest BCUT2D eigenvalue weighted by Crippen LogP contribution is -2.14. The summed E-state index contributed by atoms with van der Waals surface area (Å²) in [5.74, 6) is 0.403. The standard InChI is InChI=1S/C19H23NO5/c1-15(2)19(21)25-12-10-23-8-7-22-9-11-24-18-4-3-17-14-20-6-5-16(17)13-18/h3-6,13-14H,1,7-12H2,2H3. The van der Waals surface area contributed by atoms with Gasteiger partial charge in [0.05, 0.1) is 26.4 Å². The van der Waals surface area contributed by atoms with Crippen LogP contribution < -0.4 is 4.74 Å². The van der Waals surface area contributed by atoms with Crippen LogP contribution in [-0.2, 0) is 19.0 Å². The van der Waals surface area contributed by atoms with Crippen LogP contribution in [0.4, 0.5) is 0 Å². The largest absolute Gasteiger partial charge is 0.491 e. The average Bonchev–Trinajstić information content (AvgIpc) is 2.62. The van der Waals surface area contributed by atoms with E-state index < -0.39 is 5.97 Å². The van der Waals surface area contributed by atoms with Gasteiger partial charge in [0.15, 0.2) is 0 Å². The summed E-state index contributed by atoms with van der Waals surface area (Å²) in [6.07, 6.45) is 3.58. The van der Waals surface area contributed by atoms with Gasteiger partial charge >= 0.3 is 5.97 Å². The molecule has 2 rings (SSSR count). The summed E-state index contributed by atoms with van der Waals surface area (Å²) in [5.41, 5.74) is 0.381. The molecule has 0 N–H and O–H groups in total. The molecule has 2 aromatic rings. The molecule has 0 aliphatic heterocycles. The Kier molecular flexibility index (Phi) is 7.88. The van der Waals surface area contributed by atoms with E-state index in [-0.39, 0.29) is 6.61 Å². The zero-order valence-corrected chi connectivity index (χ0v) is 14.4. The van der Waals surface area contributed by atoms with Crippen LogP contribution >= 0.6 is 0 Å². The van der Waals surface area contributed by atoms with E-state index in [2.05, 4.69) is 11.6 Å². The van der Waals surface area contributed by atoms with Crippen molar-refractivity contribution < 1.29 is 23.7 Å². The normalized spacial score (nSPS) is 10.6. The van der Waals surface area contributed by atoms with Crippen molar-refractivity contribution in [3.8, 4) is 5.75 Å². The third-order valence-electron chi connectivity index (χ3n) is 3.29. The Morgan fingerprint density at radius 1 is 1.00 bits per heavy atom. The summed E-state index contributed by atoms with van der Waals surface area (Å²) in [6.45, 7) is 7.49. The van der Waals surface area contributed by atoms with Gasteiger partial charge in [0.2, 0.25) is 0 Å². The van der Waals surface area contributed by atoms with Crippen molar-refractivity contribution in [2.24, 2.45) is 0 Å². The van der Waals surface area contributed by atoms with Crippen molar-refractivity contribution in [2.45, 2.75) is 6.92 Å². The molecule has 0 aliphatic rings. The Morgan fingerprint density at radius 2 is 1.72 bits per heavy atom. The highest BCUT2D eigenvalue weighted by atomic mass is 16.6. The van der Waals surface area contributed by atoms with E-state index in [0.29, 0.717) is 38.6 Å². The van der Waals surface area contributed by atoms with Gasteiger partial charge in [-0.15, -0.1) is 0 Å². The number of nitrogens with zero attached hydrogens (tertiary/aromatic N) is 1. The minimum Gasteiger partial charge on any atom is -0.491 e. The number of ether oxygens (including phenoxy) is 4. The average molecular weight is 345 g/mol. The van der Waals surface area contributed by atoms with Crippen LogP contribution in [0.25, 0.3) is 10.8 Å². The SMILES string of the molecule is C=C(C)C(=O)OCCOCCOCCOc1ccc2cnccc2c1. The highest BCUT2D eigenvalue weighted by Crippen LogP contribution is 2.19. The first-order valence-corrected chi connectivity index (χ1v) is 8.11. The molecular formula is C19H23NO5. The Bertz CT molecular complexity index is 701. The summed E-state index contributed by atoms with van der Waals surface area (Å²) in [5, 5.41) is 2.17. The molecule has 1 heterocycles. The predicted octanol–water partition coefficient (Wildman–Crippen LogP) is 2.77. The van der Waals surface area contributed by atoms with Crippen LogP contribution in [0, 0.1) is 0 Å². The van der Waals surface area contributed by atoms with Gasteiger partial charge < -0.3 is 18.9 Å². The van der Waals surface area contributed by atoms with Gasteiger partial charge in [-0.05, 0) is 36.6 Å². The molecule has 0 aliphatic carbocycles. The fraction of sp³-hybridized carbons (Fsp3) is 0.368. The molecule has 6 heteroatoms. The molecule has 1 aromatic heterocycles. The van der Waals surface area contributed by atoms with Gasteiger partial charge in [0.1, 0.15) is 19.0 Å². The van der Waals surface area contributed by atoms with Crippen molar-refractivity contribution in [3.05, 3.63) is 48.8 Å². The summed E-state index contributed by atoms with van der Waals surface area (Å²) in [7, 11) is 0. The fourth-order valence-corrected chi connectivity index (χ4v) is 2.01. The summed E-state index contributed by atoms with van der Waals surface area (Å²) in [6, 6.07) is 7.82. The topological polar surface area (TPSA) is 66.9 Å². The molecular weight excluding hydrogens is 322 g/mol. The maximum Gasteiger partial charge on any atom is 0.333 e. The van der Waals surface area contributed by atoms with E-state index in [1.807, 2.05) is 30.5 Å². The minimum absolute atomic E-state index is 0.215. The minimum atomic E-state index is -0.401. The summed E-state index contributed by atoms with van der Waals surface area (Å²) in [4.78, 5) is 15.2. The highest BCUT2D eigenvalue weighted by Gasteiger charge is 2.02. The molecule has 0 atom stereocenters. The van der Waals surface area contributed by atoms with Crippen molar-refractivity contribution in [1.82, 2.24) is 4.98 Å². The first-order valence-electron chi connectivity index (χ1n) is 8.11. The maximum atomic E-state index is 11.1. The van der Waals surface area contributed by atoms with Gasteiger partial charge in [0, 0.05) is 23.4 Å². The van der Waals surface area contributed by atoms with E-state index in [4.69, 9.17) is 18.9 Å². The van der Waals surface area contributed by atoms with E-state index in [9.17, 15) is 4.79 Å². The third-order valence-corrected chi connectivity index (χ3v) is 3.29. The lowest BCUT2D eigenvalue weighted by molar-refractivity contribution is -0.140. The number of esters is 1. The van der Waals surface area contributed by atoms with Crippen molar-refractivity contribution in [3.63, 3.8) is 0 Å². The number of aromatic nitrogens is 1. The van der Waals surface area contributed by atoms with Crippen molar-refractivity contribution in [2.75, 3.05) is 39.6 Å². The first kappa shape index (κ1) is 18.9. The van der Waals surface area contributed by atoms with Gasteiger partial charge in [0.25, 0.3) is 0 Å². The molecule has 0 fully saturated rings. The first-order chi connectivity index (χ1) is 12.2. The fourth-order valence-electron chi connectivity index (χ4n) is 2.01. The molecule has 0 spiro atoms. The van der Waals surface area contributed by atoms with Crippen LogP contribution in [0.3, 0.4) is 0 Å². The number of carbonyl (C=O) groups is 1. The van der Waals surface area contributed by atoms with Gasteiger partial charge in [-0.2, -0.15) is 0 Å². The van der Waals surface area contributed by atoms with Crippen LogP contribution in [0.1, 0.15) is 6.92 Å². The second kappa shape index (κ2) is 10.4. The summed E-state index contributed by atoms with van der Waals surface area (Å²) < 4.78 is 21.3. The van der Waals surface area contributed by atoms with Crippen molar-refractivity contribution in [1.29, 1.82) is 0 Å². The highest BCUT2D eigenvalue weighted by molar-refractivity contribution is 5.86. The Morgan fingerprint density at radius 3 is 2.48 bits per heavy atom. The van der Waals surface area contributed by atoms with E-state index >= 15 is 0 Å². The van der Waals surface area contributed by atoms with E-state index in [1.165, 1.54) is 0 Å². The maximum absolute atomic E-state index is 11.1. The van der Waals surface area contributed by atoms with E-state index in [0.717, 1.165) is 16.5 Å². The Hall–Kier alpha value is -2.44. The molecule has 25 heavy (non-hydrogen) atoms. The molecule has 134 valence electrons. The van der Waals surface area contributed by atoms with Crippen LogP contribution in [-0.4, -0.2) is 50.6 Å². The Labute approximate surface area is 147 Å². The number of rotatable bonds is 11. The molecule has 0 unspecified atom stereocenters. The zero-order valence-electron chi connectivity index (χ0n) is 14.4. The molecule has 0 amide bonds. The molecule has 1 aromatic carbocycles. The smallest absolute Gasteiger partial charge is 0.333 e. The number of benzene rings is 1. The van der Waals surface area contributed by atoms with Crippen molar-refractivity contribution >= 4 is 16.7 Å². The second-order valence-corrected chi connectivity index (χ2v) is 5.37. The van der Waals surface area contributed by atoms with Crippen LogP contribution in [0.2, 0.25) is 0 Å². The van der Waals surface area contributed by atoms with Crippen LogP contribution in [0.5, 0.6) is 5.75 Å². The Balaban J connectivity index is 1.49. The number of pyridine rings is 1. The number of fused-ring (bicyclic) bond motifs is 1. The third kappa shape index (κ3) is 6.91. The molecule has 0 bridgehead atoms. The molecule has 6 nitrogen and oxygen atoms in total. The second-order valence-electron chi connectivity index (χ2n) is 5.37. The van der Waals surface area contributed by atoms with E-state index in [1.54, 1.807) is 13.1 Å². The van der Waals surface area contributed by atoms with Gasteiger partial charge in [-0.25, -0.2) is 4.79 Å². The van der Waals surface area contributed by atoms with Gasteiger partial charge in [-0.1, -0.05) is 6.58 Å². The molecule has 0 saturated heterocycles. The lowest BCUT2D eigenvalue weighted by atomic mass is 10.2. The van der Waals surface area contributed by atoms with Gasteiger partial charge in [-0.3, -0.25) is 4.98 Å². The monoisotopic (exact) mass is 345 g/mol. The quantitative estimate of drug-likeness (QED) is 0.354. The predicted molar refractivity (Wildman–Crippen MR) is 94.6 cm³/mol. The zero-order chi connectivity index (χ0) is 17.9. The van der Waals surface area contributed by atoms with Crippen LogP contribution in [0.15, 0.2) is 48.8 Å². The number of hydrogen-bond acceptors (Lipinski definition) is 6. The summed E-state index contributed by atoms with van der Waals surface area (Å²) >= 11 is 0. The lowest BCUT2D eigenvalue weighted by Gasteiger charge is -2.09. The number of carbonyl (C=O) groups excluding carboxylic acids is 1. The molecule has 0 saturated carbocycles. The molecule has 0 radical (unpaired) electrons.